The summed E-state index contributed by atoms with van der Waals surface area (Å²) in [5.41, 5.74) is 10.1. The van der Waals surface area contributed by atoms with Crippen molar-refractivity contribution in [1.82, 2.24) is 19.9 Å². The Kier molecular flexibility index (Phi) is 14.7. The molecule has 0 N–H and O–H groups in total. The molecule has 0 spiro atoms. The fraction of sp³-hybridized carbons (Fsp3) is 0.227. The number of rotatable bonds is 14. The summed E-state index contributed by atoms with van der Waals surface area (Å²) in [6.07, 6.45) is 9.88. The summed E-state index contributed by atoms with van der Waals surface area (Å²) in [6, 6.07) is 23.9. The summed E-state index contributed by atoms with van der Waals surface area (Å²) in [5.74, 6) is 0.993. The second-order valence-corrected chi connectivity index (χ2v) is 15.0. The van der Waals surface area contributed by atoms with E-state index >= 15 is 0 Å². The number of hydrogen-bond acceptors (Lipinski definition) is 8. The van der Waals surface area contributed by atoms with Gasteiger partial charge in [-0.05, 0) is 143 Å². The first-order chi connectivity index (χ1) is 27.3. The van der Waals surface area contributed by atoms with Gasteiger partial charge in [0, 0.05) is 20.0 Å². The second kappa shape index (κ2) is 19.9. The van der Waals surface area contributed by atoms with Gasteiger partial charge >= 0.3 is 31.4 Å². The van der Waals surface area contributed by atoms with Gasteiger partial charge in [-0.15, -0.1) is 22.1 Å². The van der Waals surface area contributed by atoms with Crippen molar-refractivity contribution in [3.63, 3.8) is 0 Å². The number of carbonyl (C=O) groups excluding carboxylic acids is 2. The van der Waals surface area contributed by atoms with E-state index in [0.29, 0.717) is 63.6 Å². The molecule has 5 aromatic rings. The molecule has 0 saturated heterocycles. The summed E-state index contributed by atoms with van der Waals surface area (Å²) in [7, 11) is 0. The van der Waals surface area contributed by atoms with Gasteiger partial charge in [-0.25, -0.2) is 9.97 Å². The quantitative estimate of drug-likeness (QED) is 0.0450. The fourth-order valence-electron chi connectivity index (χ4n) is 6.33. The van der Waals surface area contributed by atoms with Crippen molar-refractivity contribution >= 4 is 103 Å². The number of esters is 2. The van der Waals surface area contributed by atoms with E-state index in [9.17, 15) is 9.59 Å². The Morgan fingerprint density at radius 1 is 0.544 bits per heavy atom. The first-order valence-corrected chi connectivity index (χ1v) is 20.6. The zero-order valence-corrected chi connectivity index (χ0v) is 38.9. The number of halogens is 2. The van der Waals surface area contributed by atoms with Gasteiger partial charge in [0.15, 0.2) is 0 Å². The molecule has 3 aromatic heterocycles. The molecule has 0 fully saturated rings. The van der Waals surface area contributed by atoms with E-state index in [1.54, 1.807) is 13.8 Å². The Balaban J connectivity index is 0.00000549. The van der Waals surface area contributed by atoms with Crippen molar-refractivity contribution in [3.05, 3.63) is 103 Å². The van der Waals surface area contributed by atoms with Crippen LogP contribution in [0.2, 0.25) is 0 Å². The topological polar surface area (TPSA) is 125 Å². The van der Waals surface area contributed by atoms with Crippen molar-refractivity contribution in [3.8, 4) is 33.8 Å². The normalized spacial score (nSPS) is 11.6. The van der Waals surface area contributed by atoms with E-state index in [1.807, 2.05) is 97.1 Å². The van der Waals surface area contributed by atoms with Crippen molar-refractivity contribution < 1.29 is 48.0 Å². The Hall–Kier alpha value is -4.34. The van der Waals surface area contributed by atoms with Crippen LogP contribution in [-0.4, -0.2) is 48.3 Å². The molecule has 5 heterocycles. The second-order valence-electron chi connectivity index (χ2n) is 12.8. The molecular weight excluding hydrogens is 1000 g/mol. The van der Waals surface area contributed by atoms with E-state index in [1.165, 1.54) is 0 Å². The molecule has 0 saturated carbocycles. The maximum atomic E-state index is 11.7. The summed E-state index contributed by atoms with van der Waals surface area (Å²) in [6.45, 7) is 5.18. The SMILES string of the molecule is CCOC(=O)CCCOc1ccc(-c2c3nc(c(I)c4ccc([n-]4)c(-c4ccc(OCCCC(=O)OCC)cc4)c4nc(c(I)c5ccc2[n-]5)C=C4)C=C3)cc1.[Zn+2]. The van der Waals surface area contributed by atoms with Gasteiger partial charge in [-0.1, -0.05) is 48.5 Å². The maximum Gasteiger partial charge on any atom is 2.00 e. The van der Waals surface area contributed by atoms with Crippen LogP contribution in [0.3, 0.4) is 0 Å². The molecule has 0 radical (unpaired) electrons. The predicted molar refractivity (Wildman–Crippen MR) is 236 cm³/mol. The van der Waals surface area contributed by atoms with Crippen molar-refractivity contribution in [2.75, 3.05) is 26.4 Å². The molecule has 2 aromatic carbocycles. The third-order valence-electron chi connectivity index (χ3n) is 8.97. The van der Waals surface area contributed by atoms with Gasteiger partial charge in [-0.3, -0.25) is 9.59 Å². The molecule has 8 bridgehead atoms. The minimum atomic E-state index is -0.216. The Bertz CT molecular complexity index is 2300. The molecule has 57 heavy (non-hydrogen) atoms. The van der Waals surface area contributed by atoms with Crippen LogP contribution in [0.15, 0.2) is 72.8 Å². The van der Waals surface area contributed by atoms with Crippen molar-refractivity contribution in [1.29, 1.82) is 0 Å². The molecule has 0 atom stereocenters. The zero-order chi connectivity index (χ0) is 39.0. The summed E-state index contributed by atoms with van der Waals surface area (Å²) in [4.78, 5) is 43.9. The van der Waals surface area contributed by atoms with Crippen LogP contribution in [0.4, 0.5) is 0 Å². The smallest absolute Gasteiger partial charge is 0.656 e. The average molecular weight is 1040 g/mol. The molecule has 2 aliphatic rings. The third-order valence-corrected chi connectivity index (χ3v) is 11.2. The van der Waals surface area contributed by atoms with Crippen LogP contribution in [0.25, 0.3) is 68.6 Å². The Morgan fingerprint density at radius 3 is 1.30 bits per heavy atom. The van der Waals surface area contributed by atoms with Gasteiger partial charge in [0.05, 0.1) is 49.2 Å². The van der Waals surface area contributed by atoms with Crippen LogP contribution in [0.1, 0.15) is 62.3 Å². The van der Waals surface area contributed by atoms with Crippen LogP contribution in [0, 0.1) is 7.14 Å². The van der Waals surface area contributed by atoms with Gasteiger partial charge in [0.2, 0.25) is 0 Å². The maximum absolute atomic E-state index is 11.7. The van der Waals surface area contributed by atoms with E-state index < -0.39 is 0 Å². The van der Waals surface area contributed by atoms with E-state index in [-0.39, 0.29) is 31.4 Å². The number of nitrogens with zero attached hydrogens (tertiary/aromatic N) is 4. The molecule has 7 rings (SSSR count). The molecule has 286 valence electrons. The van der Waals surface area contributed by atoms with Gasteiger partial charge in [0.25, 0.3) is 0 Å². The van der Waals surface area contributed by atoms with E-state index in [4.69, 9.17) is 38.9 Å². The van der Waals surface area contributed by atoms with E-state index in [0.717, 1.165) is 74.2 Å². The predicted octanol–water partition coefficient (Wildman–Crippen LogP) is 9.90. The number of hydrogen-bond donors (Lipinski definition) is 0. The number of fused-ring (bicyclic) bond motifs is 8. The number of benzene rings is 2. The van der Waals surface area contributed by atoms with Crippen LogP contribution < -0.4 is 19.4 Å². The van der Waals surface area contributed by atoms with Crippen molar-refractivity contribution in [2.45, 2.75) is 39.5 Å². The number of carbonyl (C=O) groups is 2. The number of ether oxygens (including phenoxy) is 4. The molecule has 0 aliphatic carbocycles. The summed E-state index contributed by atoms with van der Waals surface area (Å²) in [5, 5.41) is 0. The van der Waals surface area contributed by atoms with Gasteiger partial charge < -0.3 is 28.9 Å². The van der Waals surface area contributed by atoms with Crippen molar-refractivity contribution in [2.24, 2.45) is 0 Å². The summed E-state index contributed by atoms with van der Waals surface area (Å²) < 4.78 is 23.7. The zero-order valence-electron chi connectivity index (χ0n) is 31.6. The largest absolute Gasteiger partial charge is 2.00 e. The molecule has 13 heteroatoms. The fourth-order valence-corrected chi connectivity index (χ4v) is 7.53. The number of aromatic nitrogens is 4. The monoisotopic (exact) mass is 1040 g/mol. The van der Waals surface area contributed by atoms with E-state index in [2.05, 4.69) is 45.2 Å². The van der Waals surface area contributed by atoms with Gasteiger partial charge in [0.1, 0.15) is 11.5 Å². The Morgan fingerprint density at radius 2 is 0.912 bits per heavy atom. The van der Waals surface area contributed by atoms with Crippen LogP contribution in [0.5, 0.6) is 11.5 Å². The third kappa shape index (κ3) is 10.2. The Labute approximate surface area is 370 Å². The first-order valence-electron chi connectivity index (χ1n) is 18.5. The van der Waals surface area contributed by atoms with Crippen LogP contribution in [-0.2, 0) is 38.5 Å². The van der Waals surface area contributed by atoms with Crippen LogP contribution >= 0.6 is 45.2 Å². The summed E-state index contributed by atoms with van der Waals surface area (Å²) >= 11 is 4.65. The molecule has 2 aliphatic heterocycles. The standard InChI is InChI=1S/C44H38I2N4O6.Zn/c1-3-53-39(51)7-5-25-55-29-13-9-27(10-14-29)41-31-17-21-35(47-31)43(45)37-23-19-33(49-37)42(34-20-24-38(50-34)44(46)36-22-18-32(41)48-36)28-11-15-30(16-12-28)56-26-6-8-40(52)54-4-2;/h9-24H,3-8,25-26H2,1-2H3;/q-2;+2. The molecule has 0 unspecified atom stereocenters. The minimum Gasteiger partial charge on any atom is -0.656 e. The molecular formula is C44H38I2N4O6Zn. The first kappa shape index (κ1) is 42.3. The van der Waals surface area contributed by atoms with Gasteiger partial charge in [-0.2, -0.15) is 0 Å². The minimum absolute atomic E-state index is 0. The average Bonchev–Trinajstić information content (AvgIpc) is 4.05. The molecule has 0 amide bonds. The molecule has 10 nitrogen and oxygen atoms in total.